The highest BCUT2D eigenvalue weighted by molar-refractivity contribution is 6.21. The molecule has 4 aromatic rings. The molecule has 6 heteroatoms. The Hall–Kier alpha value is -3.90. The Morgan fingerprint density at radius 2 is 1.59 bits per heavy atom. The van der Waals surface area contributed by atoms with Crippen molar-refractivity contribution in [3.63, 3.8) is 0 Å². The lowest BCUT2D eigenvalue weighted by atomic mass is 9.87. The number of Topliss-reactive ketones (excluding diaryl/α,β-unsaturated/α-hetero) is 1. The van der Waals surface area contributed by atoms with Gasteiger partial charge in [0, 0.05) is 22.7 Å². The van der Waals surface area contributed by atoms with Crippen LogP contribution in [-0.4, -0.2) is 28.8 Å². The summed E-state index contributed by atoms with van der Waals surface area (Å²) in [5, 5.41) is 3.87. The van der Waals surface area contributed by atoms with Gasteiger partial charge >= 0.3 is 5.97 Å². The summed E-state index contributed by atoms with van der Waals surface area (Å²) in [5.41, 5.74) is 1.81. The van der Waals surface area contributed by atoms with E-state index in [2.05, 4.69) is 10.3 Å². The maximum atomic E-state index is 13.8. The van der Waals surface area contributed by atoms with Gasteiger partial charge in [0.25, 0.3) is 0 Å². The van der Waals surface area contributed by atoms with Crippen LogP contribution in [0, 0.1) is 0 Å². The maximum Gasteiger partial charge on any atom is 0.334 e. The molecule has 34 heavy (non-hydrogen) atoms. The summed E-state index contributed by atoms with van der Waals surface area (Å²) in [6.45, 7) is 1.14. The highest BCUT2D eigenvalue weighted by atomic mass is 16.5. The molecule has 1 aromatic heterocycles. The summed E-state index contributed by atoms with van der Waals surface area (Å²) in [6.07, 6.45) is 2.79. The van der Waals surface area contributed by atoms with E-state index in [1.165, 1.54) is 0 Å². The fourth-order valence-electron chi connectivity index (χ4n) is 4.40. The van der Waals surface area contributed by atoms with Crippen molar-refractivity contribution in [1.29, 1.82) is 0 Å². The molecule has 1 unspecified atom stereocenters. The molecule has 1 aliphatic heterocycles. The zero-order valence-electron chi connectivity index (χ0n) is 18.8. The van der Waals surface area contributed by atoms with E-state index in [0.29, 0.717) is 30.9 Å². The molecule has 5 rings (SSSR count). The number of ether oxygens (including phenoxy) is 2. The van der Waals surface area contributed by atoms with E-state index in [-0.39, 0.29) is 12.4 Å². The Bertz CT molecular complexity index is 1290. The molecule has 2 N–H and O–H groups in total. The third kappa shape index (κ3) is 4.32. The van der Waals surface area contributed by atoms with Crippen molar-refractivity contribution in [2.45, 2.75) is 31.6 Å². The van der Waals surface area contributed by atoms with Crippen LogP contribution >= 0.6 is 0 Å². The average Bonchev–Trinajstić information content (AvgIpc) is 3.55. The van der Waals surface area contributed by atoms with E-state index >= 15 is 0 Å². The van der Waals surface area contributed by atoms with Crippen LogP contribution in [0.2, 0.25) is 0 Å². The highest BCUT2D eigenvalue weighted by Crippen LogP contribution is 2.31. The topological polar surface area (TPSA) is 80.4 Å². The molecule has 1 fully saturated rings. The number of nitrogens with one attached hydrogen (secondary N) is 2. The molecule has 1 atom stereocenters. The molecule has 172 valence electrons. The fraction of sp³-hybridized carbons (Fsp3) is 0.214. The fourth-order valence-corrected chi connectivity index (χ4v) is 4.40. The Balaban J connectivity index is 1.38. The zero-order valence-corrected chi connectivity index (χ0v) is 18.8. The normalized spacial score (nSPS) is 17.5. The number of rotatable bonds is 8. The summed E-state index contributed by atoms with van der Waals surface area (Å²) in [5.74, 6) is -0.163. The first-order valence-electron chi connectivity index (χ1n) is 11.4. The van der Waals surface area contributed by atoms with Gasteiger partial charge in [-0.05, 0) is 48.7 Å². The number of carbonyl (C=O) groups is 2. The van der Waals surface area contributed by atoms with E-state index in [0.717, 1.165) is 28.5 Å². The average molecular weight is 455 g/mol. The first kappa shape index (κ1) is 21.9. The lowest BCUT2D eigenvalue weighted by molar-refractivity contribution is -0.150. The van der Waals surface area contributed by atoms with Gasteiger partial charge < -0.3 is 14.5 Å². The number of aromatic amines is 1. The predicted octanol–water partition coefficient (Wildman–Crippen LogP) is 4.80. The van der Waals surface area contributed by atoms with Crippen LogP contribution in [0.5, 0.6) is 5.75 Å². The van der Waals surface area contributed by atoms with E-state index in [9.17, 15) is 9.59 Å². The summed E-state index contributed by atoms with van der Waals surface area (Å²) in [7, 11) is 0. The molecule has 0 bridgehead atoms. The van der Waals surface area contributed by atoms with Gasteiger partial charge in [0.2, 0.25) is 0 Å². The van der Waals surface area contributed by atoms with Crippen LogP contribution in [0.25, 0.3) is 10.9 Å². The van der Waals surface area contributed by atoms with E-state index in [1.807, 2.05) is 78.9 Å². The van der Waals surface area contributed by atoms with Crippen molar-refractivity contribution in [3.8, 4) is 5.75 Å². The Morgan fingerprint density at radius 3 is 2.26 bits per heavy atom. The van der Waals surface area contributed by atoms with Crippen molar-refractivity contribution in [2.75, 3.05) is 6.54 Å². The molecule has 0 radical (unpaired) electrons. The molecule has 1 aliphatic rings. The van der Waals surface area contributed by atoms with Gasteiger partial charge in [0.15, 0.2) is 11.3 Å². The monoisotopic (exact) mass is 454 g/mol. The standard InChI is InChI=1S/C28H26N2O4/c31-26(28(14-7-15-30-28)27(32)34-19-21-10-5-2-6-11-21)24-17-29-25-13-12-22(16-23(24)25)33-18-20-8-3-1-4-9-20/h1-6,8-13,16-17,29-30H,7,14-15,18-19H2. The number of aromatic nitrogens is 1. The summed E-state index contributed by atoms with van der Waals surface area (Å²) in [6, 6.07) is 25.0. The number of benzene rings is 3. The van der Waals surface area contributed by atoms with Crippen LogP contribution in [0.4, 0.5) is 0 Å². The largest absolute Gasteiger partial charge is 0.489 e. The summed E-state index contributed by atoms with van der Waals surface area (Å²) in [4.78, 5) is 30.1. The molecular formula is C28H26N2O4. The number of esters is 1. The number of carbonyl (C=O) groups excluding carboxylic acids is 2. The SMILES string of the molecule is O=C(OCc1ccccc1)C1(C(=O)c2c[nH]c3ccc(OCc4ccccc4)cc23)CCCN1. The molecule has 3 aromatic carbocycles. The number of H-pyrrole nitrogens is 1. The van der Waals surface area contributed by atoms with Crippen LogP contribution in [0.3, 0.4) is 0 Å². The lowest BCUT2D eigenvalue weighted by Gasteiger charge is -2.25. The van der Waals surface area contributed by atoms with Gasteiger partial charge in [0.1, 0.15) is 19.0 Å². The summed E-state index contributed by atoms with van der Waals surface area (Å²) >= 11 is 0. The van der Waals surface area contributed by atoms with Crippen molar-refractivity contribution >= 4 is 22.7 Å². The molecule has 0 spiro atoms. The number of hydrogen-bond donors (Lipinski definition) is 2. The molecular weight excluding hydrogens is 428 g/mol. The van der Waals surface area contributed by atoms with Crippen molar-refractivity contribution < 1.29 is 19.1 Å². The minimum Gasteiger partial charge on any atom is -0.489 e. The van der Waals surface area contributed by atoms with E-state index in [1.54, 1.807) is 6.20 Å². The Morgan fingerprint density at radius 1 is 0.882 bits per heavy atom. The zero-order chi connectivity index (χ0) is 23.4. The van der Waals surface area contributed by atoms with Gasteiger partial charge in [0.05, 0.1) is 0 Å². The van der Waals surface area contributed by atoms with Crippen molar-refractivity contribution in [2.24, 2.45) is 0 Å². The van der Waals surface area contributed by atoms with Crippen LogP contribution < -0.4 is 10.1 Å². The summed E-state index contributed by atoms with van der Waals surface area (Å²) < 4.78 is 11.6. The van der Waals surface area contributed by atoms with Crippen LogP contribution in [-0.2, 0) is 22.7 Å². The quantitative estimate of drug-likeness (QED) is 0.227. The van der Waals surface area contributed by atoms with E-state index in [4.69, 9.17) is 9.47 Å². The second kappa shape index (κ2) is 9.53. The molecule has 0 amide bonds. The van der Waals surface area contributed by atoms with Crippen molar-refractivity contribution in [1.82, 2.24) is 10.3 Å². The molecule has 0 aliphatic carbocycles. The minimum absolute atomic E-state index is 0.127. The Labute approximate surface area is 197 Å². The number of hydrogen-bond acceptors (Lipinski definition) is 5. The minimum atomic E-state index is -1.38. The third-order valence-electron chi connectivity index (χ3n) is 6.25. The molecule has 2 heterocycles. The smallest absolute Gasteiger partial charge is 0.334 e. The maximum absolute atomic E-state index is 13.8. The van der Waals surface area contributed by atoms with Crippen LogP contribution in [0.15, 0.2) is 85.1 Å². The third-order valence-corrected chi connectivity index (χ3v) is 6.25. The van der Waals surface area contributed by atoms with Crippen molar-refractivity contribution in [3.05, 3.63) is 102 Å². The van der Waals surface area contributed by atoms with Gasteiger partial charge in [-0.2, -0.15) is 0 Å². The van der Waals surface area contributed by atoms with Crippen LogP contribution in [0.1, 0.15) is 34.3 Å². The molecule has 6 nitrogen and oxygen atoms in total. The first-order chi connectivity index (χ1) is 16.7. The van der Waals surface area contributed by atoms with Gasteiger partial charge in [-0.3, -0.25) is 10.1 Å². The number of fused-ring (bicyclic) bond motifs is 1. The Kier molecular flexibility index (Phi) is 6.14. The number of ketones is 1. The second-order valence-corrected chi connectivity index (χ2v) is 8.51. The van der Waals surface area contributed by atoms with Gasteiger partial charge in [-0.25, -0.2) is 4.79 Å². The second-order valence-electron chi connectivity index (χ2n) is 8.51. The highest BCUT2D eigenvalue weighted by Gasteiger charge is 2.50. The molecule has 1 saturated heterocycles. The molecule has 0 saturated carbocycles. The lowest BCUT2D eigenvalue weighted by Crippen LogP contribution is -2.55. The predicted molar refractivity (Wildman–Crippen MR) is 130 cm³/mol. The van der Waals surface area contributed by atoms with Gasteiger partial charge in [-0.1, -0.05) is 60.7 Å². The first-order valence-corrected chi connectivity index (χ1v) is 11.4. The van der Waals surface area contributed by atoms with Gasteiger partial charge in [-0.15, -0.1) is 0 Å². The van der Waals surface area contributed by atoms with E-state index < -0.39 is 11.5 Å².